The van der Waals surface area contributed by atoms with E-state index in [0.29, 0.717) is 6.54 Å². The van der Waals surface area contributed by atoms with E-state index < -0.39 is 21.7 Å². The smallest absolute Gasteiger partial charge is 0.307 e. The van der Waals surface area contributed by atoms with Crippen molar-refractivity contribution < 1.29 is 18.3 Å². The van der Waals surface area contributed by atoms with Crippen LogP contribution in [0.1, 0.15) is 19.4 Å². The van der Waals surface area contributed by atoms with Gasteiger partial charge in [0.15, 0.2) is 9.84 Å². The van der Waals surface area contributed by atoms with Crippen LogP contribution in [0.4, 0.5) is 0 Å². The maximum Gasteiger partial charge on any atom is 0.307 e. The number of carbonyl (C=O) groups is 1. The summed E-state index contributed by atoms with van der Waals surface area (Å²) in [5, 5.41) is 9.29. The molecule has 5 nitrogen and oxygen atoms in total. The van der Waals surface area contributed by atoms with E-state index in [1.165, 1.54) is 0 Å². The highest BCUT2D eigenvalue weighted by Crippen LogP contribution is 2.12. The van der Waals surface area contributed by atoms with Gasteiger partial charge < -0.3 is 10.0 Å². The summed E-state index contributed by atoms with van der Waals surface area (Å²) in [5.41, 5.74) is 0.842. The van der Waals surface area contributed by atoms with Crippen molar-refractivity contribution in [1.29, 1.82) is 0 Å². The Morgan fingerprint density at radius 2 is 1.77 bits per heavy atom. The molecule has 0 radical (unpaired) electrons. The Balaban J connectivity index is 2.67. The molecule has 0 saturated heterocycles. The third-order valence-corrected chi connectivity index (χ3v) is 5.46. The topological polar surface area (TPSA) is 74.7 Å². The van der Waals surface area contributed by atoms with Crippen molar-refractivity contribution >= 4 is 15.8 Å². The number of hydrogen-bond acceptors (Lipinski definition) is 4. The van der Waals surface area contributed by atoms with Crippen molar-refractivity contribution in [2.24, 2.45) is 5.92 Å². The van der Waals surface area contributed by atoms with Crippen LogP contribution in [-0.2, 0) is 21.1 Å². The van der Waals surface area contributed by atoms with E-state index in [2.05, 4.69) is 0 Å². The van der Waals surface area contributed by atoms with Crippen LogP contribution in [0.2, 0.25) is 0 Å². The molecule has 0 heterocycles. The van der Waals surface area contributed by atoms with Gasteiger partial charge >= 0.3 is 5.97 Å². The largest absolute Gasteiger partial charge is 0.481 e. The lowest BCUT2D eigenvalue weighted by Gasteiger charge is -2.19. The summed E-state index contributed by atoms with van der Waals surface area (Å²) >= 11 is 0. The molecule has 0 spiro atoms. The number of nitrogens with zero attached hydrogens (tertiary/aromatic N) is 1. The minimum atomic E-state index is -3.38. The van der Waals surface area contributed by atoms with E-state index in [1.807, 2.05) is 49.1 Å². The molecule has 1 aromatic rings. The summed E-state index contributed by atoms with van der Waals surface area (Å²) in [7, 11) is -3.38. The lowest BCUT2D eigenvalue weighted by molar-refractivity contribution is -0.140. The molecule has 1 N–H and O–H groups in total. The Kier molecular flexibility index (Phi) is 7.55. The lowest BCUT2D eigenvalue weighted by Crippen LogP contribution is -2.33. The fourth-order valence-corrected chi connectivity index (χ4v) is 3.89. The van der Waals surface area contributed by atoms with Crippen LogP contribution < -0.4 is 0 Å². The maximum atomic E-state index is 12.2. The van der Waals surface area contributed by atoms with Crippen LogP contribution in [0, 0.1) is 5.92 Å². The van der Waals surface area contributed by atoms with Crippen LogP contribution in [0.15, 0.2) is 30.3 Å². The zero-order chi connectivity index (χ0) is 16.6. The van der Waals surface area contributed by atoms with Crippen LogP contribution in [0.3, 0.4) is 0 Å². The summed E-state index contributed by atoms with van der Waals surface area (Å²) in [5.74, 6) is -2.26. The number of carboxylic acid groups (broad SMARTS) is 1. The maximum absolute atomic E-state index is 12.2. The Labute approximate surface area is 132 Å². The molecule has 1 unspecified atom stereocenters. The Morgan fingerprint density at radius 1 is 1.18 bits per heavy atom. The number of hydrogen-bond donors (Lipinski definition) is 1. The quantitative estimate of drug-likeness (QED) is 0.708. The van der Waals surface area contributed by atoms with Crippen LogP contribution in [0.5, 0.6) is 0 Å². The van der Waals surface area contributed by atoms with E-state index in [0.717, 1.165) is 18.7 Å². The summed E-state index contributed by atoms with van der Waals surface area (Å²) in [6.45, 7) is 5.99. The summed E-state index contributed by atoms with van der Waals surface area (Å²) in [6, 6.07) is 9.13. The van der Waals surface area contributed by atoms with Crippen LogP contribution in [-0.4, -0.2) is 55.5 Å². The monoisotopic (exact) mass is 327 g/mol. The molecule has 0 aliphatic heterocycles. The molecule has 0 amide bonds. The highest BCUT2D eigenvalue weighted by molar-refractivity contribution is 7.91. The second-order valence-corrected chi connectivity index (χ2v) is 7.59. The number of sulfone groups is 1. The van der Waals surface area contributed by atoms with E-state index in [1.54, 1.807) is 0 Å². The van der Waals surface area contributed by atoms with Gasteiger partial charge in [0.05, 0.1) is 17.4 Å². The average molecular weight is 327 g/mol. The van der Waals surface area contributed by atoms with Gasteiger partial charge in [-0.05, 0) is 25.1 Å². The van der Waals surface area contributed by atoms with Crippen molar-refractivity contribution in [3.63, 3.8) is 0 Å². The predicted molar refractivity (Wildman–Crippen MR) is 87.7 cm³/mol. The number of rotatable bonds is 10. The first kappa shape index (κ1) is 18.6. The standard InChI is InChI=1S/C16H25NO4S/c1-3-17(4-2)10-11-22(20,21)13-15(16(18)19)12-14-8-6-5-7-9-14/h5-9,15H,3-4,10-13H2,1-2H3,(H,18,19). The van der Waals surface area contributed by atoms with Crippen molar-refractivity contribution in [1.82, 2.24) is 4.90 Å². The summed E-state index contributed by atoms with van der Waals surface area (Å²) in [6.07, 6.45) is 0.237. The van der Waals surface area contributed by atoms with E-state index >= 15 is 0 Å². The Morgan fingerprint density at radius 3 is 2.27 bits per heavy atom. The van der Waals surface area contributed by atoms with Gasteiger partial charge in [-0.1, -0.05) is 44.2 Å². The van der Waals surface area contributed by atoms with Crippen molar-refractivity contribution in [3.8, 4) is 0 Å². The van der Waals surface area contributed by atoms with E-state index in [-0.39, 0.29) is 17.9 Å². The fraction of sp³-hybridized carbons (Fsp3) is 0.562. The molecule has 0 aliphatic carbocycles. The molecule has 124 valence electrons. The zero-order valence-electron chi connectivity index (χ0n) is 13.2. The van der Waals surface area contributed by atoms with Gasteiger partial charge in [0.1, 0.15) is 0 Å². The van der Waals surface area contributed by atoms with Gasteiger partial charge in [0.25, 0.3) is 0 Å². The van der Waals surface area contributed by atoms with E-state index in [4.69, 9.17) is 0 Å². The molecule has 6 heteroatoms. The van der Waals surface area contributed by atoms with Gasteiger partial charge in [-0.2, -0.15) is 0 Å². The lowest BCUT2D eigenvalue weighted by atomic mass is 10.0. The normalized spacial score (nSPS) is 13.2. The van der Waals surface area contributed by atoms with Gasteiger partial charge in [-0.15, -0.1) is 0 Å². The molecule has 0 bridgehead atoms. The molecule has 0 aliphatic rings. The van der Waals surface area contributed by atoms with Crippen LogP contribution >= 0.6 is 0 Å². The van der Waals surface area contributed by atoms with Crippen LogP contribution in [0.25, 0.3) is 0 Å². The first-order valence-electron chi connectivity index (χ1n) is 7.57. The molecule has 1 aromatic carbocycles. The van der Waals surface area contributed by atoms with Crippen molar-refractivity contribution in [2.45, 2.75) is 20.3 Å². The average Bonchev–Trinajstić information content (AvgIpc) is 2.48. The number of aliphatic carboxylic acids is 1. The molecular weight excluding hydrogens is 302 g/mol. The first-order chi connectivity index (χ1) is 10.4. The summed E-state index contributed by atoms with van der Waals surface area (Å²) < 4.78 is 24.4. The Bertz CT molecular complexity index is 553. The highest BCUT2D eigenvalue weighted by atomic mass is 32.2. The molecule has 0 aromatic heterocycles. The minimum absolute atomic E-state index is 0.00719. The summed E-state index contributed by atoms with van der Waals surface area (Å²) in [4.78, 5) is 13.4. The van der Waals surface area contributed by atoms with E-state index in [9.17, 15) is 18.3 Å². The SMILES string of the molecule is CCN(CC)CCS(=O)(=O)CC(Cc1ccccc1)C(=O)O. The molecule has 22 heavy (non-hydrogen) atoms. The Hall–Kier alpha value is -1.40. The van der Waals surface area contributed by atoms with Gasteiger partial charge in [0, 0.05) is 6.54 Å². The minimum Gasteiger partial charge on any atom is -0.481 e. The molecule has 1 rings (SSSR count). The zero-order valence-corrected chi connectivity index (χ0v) is 14.1. The first-order valence-corrected chi connectivity index (χ1v) is 9.39. The van der Waals surface area contributed by atoms with Gasteiger partial charge in [-0.25, -0.2) is 8.42 Å². The van der Waals surface area contributed by atoms with Gasteiger partial charge in [-0.3, -0.25) is 4.79 Å². The number of carboxylic acids is 1. The second kappa shape index (κ2) is 8.90. The third-order valence-electron chi connectivity index (χ3n) is 3.74. The molecule has 0 saturated carbocycles. The third kappa shape index (κ3) is 6.58. The molecule has 0 fully saturated rings. The fourth-order valence-electron chi connectivity index (χ4n) is 2.31. The predicted octanol–water partition coefficient (Wildman–Crippen LogP) is 1.69. The molecular formula is C16H25NO4S. The van der Waals surface area contributed by atoms with Gasteiger partial charge in [0.2, 0.25) is 0 Å². The highest BCUT2D eigenvalue weighted by Gasteiger charge is 2.25. The van der Waals surface area contributed by atoms with Crippen molar-refractivity contribution in [2.75, 3.05) is 31.1 Å². The second-order valence-electron chi connectivity index (χ2n) is 5.37. The molecule has 1 atom stereocenters. The number of benzene rings is 1. The van der Waals surface area contributed by atoms with Crippen molar-refractivity contribution in [3.05, 3.63) is 35.9 Å².